The van der Waals surface area contributed by atoms with Crippen LogP contribution in [0.1, 0.15) is 82.8 Å². The number of ether oxygens (including phenoxy) is 2. The van der Waals surface area contributed by atoms with Crippen LogP contribution >= 0.6 is 0 Å². The van der Waals surface area contributed by atoms with Gasteiger partial charge in [0.05, 0.1) is 27.1 Å². The standard InChI is InChI=1S/C30H46NO3/c1-5-6-7-8-9-10-14-20-28-21-15-16-22-29(28)33-26(2)34-30(32)23-17-24-31(3,4)25-27-18-12-11-13-19-27/h11-13,15-16,18-19,21-22,26H,5-10,14,17,20,23-25H2,1-4H3/q+1. The van der Waals surface area contributed by atoms with E-state index < -0.39 is 6.29 Å². The van der Waals surface area contributed by atoms with Crippen LogP contribution in [-0.4, -0.2) is 37.4 Å². The molecule has 4 nitrogen and oxygen atoms in total. The van der Waals surface area contributed by atoms with Crippen LogP contribution in [0.15, 0.2) is 54.6 Å². The highest BCUT2D eigenvalue weighted by molar-refractivity contribution is 5.69. The van der Waals surface area contributed by atoms with Crippen LogP contribution in [0.3, 0.4) is 0 Å². The van der Waals surface area contributed by atoms with Crippen molar-refractivity contribution in [3.8, 4) is 5.75 Å². The van der Waals surface area contributed by atoms with Gasteiger partial charge >= 0.3 is 5.97 Å². The van der Waals surface area contributed by atoms with Gasteiger partial charge in [-0.05, 0) is 24.5 Å². The fraction of sp³-hybridized carbons (Fsp3) is 0.567. The minimum absolute atomic E-state index is 0.197. The minimum Gasteiger partial charge on any atom is -0.455 e. The number of para-hydroxylation sites is 1. The molecule has 34 heavy (non-hydrogen) atoms. The Bertz CT molecular complexity index is 819. The van der Waals surface area contributed by atoms with Gasteiger partial charge in [-0.3, -0.25) is 4.79 Å². The molecule has 0 aliphatic rings. The number of benzene rings is 2. The number of hydrogen-bond acceptors (Lipinski definition) is 3. The van der Waals surface area contributed by atoms with E-state index in [9.17, 15) is 4.79 Å². The van der Waals surface area contributed by atoms with Crippen LogP contribution < -0.4 is 4.74 Å². The molecule has 4 heteroatoms. The van der Waals surface area contributed by atoms with Crippen molar-refractivity contribution in [1.82, 2.24) is 0 Å². The Labute approximate surface area is 207 Å². The summed E-state index contributed by atoms with van der Waals surface area (Å²) in [5.41, 5.74) is 2.51. The number of nitrogens with zero attached hydrogens (tertiary/aromatic N) is 1. The summed E-state index contributed by atoms with van der Waals surface area (Å²) in [6.45, 7) is 5.92. The van der Waals surface area contributed by atoms with Crippen molar-refractivity contribution in [2.75, 3.05) is 20.6 Å². The Morgan fingerprint density at radius 3 is 2.24 bits per heavy atom. The number of aryl methyl sites for hydroxylation is 1. The fourth-order valence-electron chi connectivity index (χ4n) is 4.35. The van der Waals surface area contributed by atoms with Crippen molar-refractivity contribution >= 4 is 5.97 Å². The summed E-state index contributed by atoms with van der Waals surface area (Å²) < 4.78 is 12.4. The Kier molecular flexibility index (Phi) is 12.8. The average molecular weight is 469 g/mol. The first-order valence-electron chi connectivity index (χ1n) is 13.2. The largest absolute Gasteiger partial charge is 0.455 e. The summed E-state index contributed by atoms with van der Waals surface area (Å²) in [4.78, 5) is 12.4. The number of rotatable bonds is 17. The van der Waals surface area contributed by atoms with E-state index in [4.69, 9.17) is 9.47 Å². The first-order valence-corrected chi connectivity index (χ1v) is 13.2. The van der Waals surface area contributed by atoms with Gasteiger partial charge in [-0.1, -0.05) is 94.0 Å². The molecule has 2 aromatic carbocycles. The highest BCUT2D eigenvalue weighted by atomic mass is 16.7. The molecule has 0 amide bonds. The van der Waals surface area contributed by atoms with Crippen molar-refractivity contribution in [1.29, 1.82) is 0 Å². The third kappa shape index (κ3) is 11.7. The normalized spacial score (nSPS) is 12.4. The molecule has 188 valence electrons. The summed E-state index contributed by atoms with van der Waals surface area (Å²) in [7, 11) is 4.40. The zero-order chi connectivity index (χ0) is 24.7. The van der Waals surface area contributed by atoms with Gasteiger partial charge in [0.2, 0.25) is 6.29 Å². The lowest BCUT2D eigenvalue weighted by molar-refractivity contribution is -0.903. The third-order valence-corrected chi connectivity index (χ3v) is 6.21. The van der Waals surface area contributed by atoms with Crippen LogP contribution in [-0.2, 0) is 22.5 Å². The first kappa shape index (κ1) is 27.9. The fourth-order valence-corrected chi connectivity index (χ4v) is 4.35. The molecular formula is C30H46NO3+. The summed E-state index contributed by atoms with van der Waals surface area (Å²) >= 11 is 0. The molecule has 0 bridgehead atoms. The maximum Gasteiger partial charge on any atom is 0.309 e. The van der Waals surface area contributed by atoms with Crippen molar-refractivity contribution in [3.05, 3.63) is 65.7 Å². The van der Waals surface area contributed by atoms with E-state index >= 15 is 0 Å². The molecule has 0 saturated carbocycles. The van der Waals surface area contributed by atoms with Gasteiger partial charge in [0.1, 0.15) is 12.3 Å². The van der Waals surface area contributed by atoms with E-state index in [0.29, 0.717) is 6.42 Å². The second-order valence-electron chi connectivity index (χ2n) is 10.1. The van der Waals surface area contributed by atoms with Gasteiger partial charge in [0.25, 0.3) is 0 Å². The highest BCUT2D eigenvalue weighted by Crippen LogP contribution is 2.22. The molecule has 0 fully saturated rings. The van der Waals surface area contributed by atoms with Gasteiger partial charge in [-0.25, -0.2) is 0 Å². The molecule has 2 rings (SSSR count). The molecular weight excluding hydrogens is 422 g/mol. The second kappa shape index (κ2) is 15.5. The van der Waals surface area contributed by atoms with Gasteiger partial charge in [0.15, 0.2) is 0 Å². The van der Waals surface area contributed by atoms with Gasteiger partial charge < -0.3 is 14.0 Å². The number of unbranched alkanes of at least 4 members (excludes halogenated alkanes) is 6. The predicted octanol–water partition coefficient (Wildman–Crippen LogP) is 7.30. The van der Waals surface area contributed by atoms with Crippen LogP contribution in [0, 0.1) is 0 Å². The summed E-state index contributed by atoms with van der Waals surface area (Å²) in [5.74, 6) is 0.631. The smallest absolute Gasteiger partial charge is 0.309 e. The van der Waals surface area contributed by atoms with Gasteiger partial charge in [-0.2, -0.15) is 0 Å². The molecule has 0 aliphatic carbocycles. The second-order valence-corrected chi connectivity index (χ2v) is 10.1. The van der Waals surface area contributed by atoms with Gasteiger partial charge in [0, 0.05) is 18.9 Å². The number of carbonyl (C=O) groups excluding carboxylic acids is 1. The van der Waals surface area contributed by atoms with Crippen molar-refractivity contribution in [2.24, 2.45) is 0 Å². The number of esters is 1. The lowest BCUT2D eigenvalue weighted by atomic mass is 10.0. The molecule has 0 radical (unpaired) electrons. The number of quaternary nitrogens is 1. The Hall–Kier alpha value is -2.33. The molecule has 0 spiro atoms. The average Bonchev–Trinajstić information content (AvgIpc) is 2.79. The van der Waals surface area contributed by atoms with Crippen molar-refractivity contribution in [3.63, 3.8) is 0 Å². The zero-order valence-corrected chi connectivity index (χ0v) is 21.9. The summed E-state index contributed by atoms with van der Waals surface area (Å²) in [6.07, 6.45) is 10.6. The SMILES string of the molecule is CCCCCCCCCc1ccccc1OC(C)OC(=O)CCC[N+](C)(C)Cc1ccccc1. The highest BCUT2D eigenvalue weighted by Gasteiger charge is 2.18. The Morgan fingerprint density at radius 1 is 0.853 bits per heavy atom. The van der Waals surface area contributed by atoms with Crippen LogP contribution in [0.4, 0.5) is 0 Å². The Morgan fingerprint density at radius 2 is 1.50 bits per heavy atom. The van der Waals surface area contributed by atoms with Crippen LogP contribution in [0.2, 0.25) is 0 Å². The van der Waals surface area contributed by atoms with Crippen LogP contribution in [0.5, 0.6) is 5.75 Å². The maximum atomic E-state index is 12.4. The van der Waals surface area contributed by atoms with E-state index in [1.54, 1.807) is 6.92 Å². The molecule has 1 atom stereocenters. The van der Waals surface area contributed by atoms with Gasteiger partial charge in [-0.15, -0.1) is 0 Å². The van der Waals surface area contributed by atoms with E-state index in [-0.39, 0.29) is 5.97 Å². The molecule has 0 saturated heterocycles. The quantitative estimate of drug-likeness (QED) is 0.106. The number of hydrogen-bond donors (Lipinski definition) is 0. The number of carbonyl (C=O) groups is 1. The van der Waals surface area contributed by atoms with E-state index in [0.717, 1.165) is 42.6 Å². The molecule has 0 aromatic heterocycles. The van der Waals surface area contributed by atoms with Crippen molar-refractivity contribution in [2.45, 2.75) is 90.9 Å². The lowest BCUT2D eigenvalue weighted by Crippen LogP contribution is -2.39. The molecule has 0 aliphatic heterocycles. The van der Waals surface area contributed by atoms with Crippen LogP contribution in [0.25, 0.3) is 0 Å². The zero-order valence-electron chi connectivity index (χ0n) is 21.9. The predicted molar refractivity (Wildman–Crippen MR) is 141 cm³/mol. The monoisotopic (exact) mass is 468 g/mol. The third-order valence-electron chi connectivity index (χ3n) is 6.21. The molecule has 1 unspecified atom stereocenters. The first-order chi connectivity index (χ1) is 16.4. The lowest BCUT2D eigenvalue weighted by Gasteiger charge is -2.30. The molecule has 0 N–H and O–H groups in total. The summed E-state index contributed by atoms with van der Waals surface area (Å²) in [5, 5.41) is 0. The topological polar surface area (TPSA) is 35.5 Å². The molecule has 0 heterocycles. The van der Waals surface area contributed by atoms with E-state index in [2.05, 4.69) is 57.4 Å². The van der Waals surface area contributed by atoms with E-state index in [1.807, 2.05) is 18.2 Å². The minimum atomic E-state index is -0.588. The molecule has 2 aromatic rings. The maximum absolute atomic E-state index is 12.4. The van der Waals surface area contributed by atoms with E-state index in [1.165, 1.54) is 49.7 Å². The Balaban J connectivity index is 1.69. The summed E-state index contributed by atoms with van der Waals surface area (Å²) in [6, 6.07) is 18.6. The van der Waals surface area contributed by atoms with Crippen molar-refractivity contribution < 1.29 is 18.8 Å².